The summed E-state index contributed by atoms with van der Waals surface area (Å²) in [5, 5.41) is 0.272. The van der Waals surface area contributed by atoms with Crippen LogP contribution in [0, 0.1) is 5.92 Å². The molecule has 3 rings (SSSR count). The Morgan fingerprint density at radius 3 is 2.45 bits per heavy atom. The van der Waals surface area contributed by atoms with Crippen molar-refractivity contribution in [3.05, 3.63) is 23.1 Å². The van der Waals surface area contributed by atoms with Crippen molar-refractivity contribution in [1.82, 2.24) is 14.7 Å². The highest BCUT2D eigenvalue weighted by atomic mass is 35.5. The molecule has 6 heteroatoms. The van der Waals surface area contributed by atoms with Crippen LogP contribution in [0.4, 0.5) is 0 Å². The Kier molecular flexibility index (Phi) is 5.06. The van der Waals surface area contributed by atoms with Gasteiger partial charge in [0.15, 0.2) is 11.0 Å². The number of likely N-dealkylation sites (tertiary alicyclic amines) is 1. The normalized spacial score (nSPS) is 22.2. The molecule has 0 aromatic carbocycles. The van der Waals surface area contributed by atoms with Crippen LogP contribution < -0.4 is 0 Å². The van der Waals surface area contributed by atoms with E-state index in [1.807, 2.05) is 4.90 Å². The van der Waals surface area contributed by atoms with Gasteiger partial charge in [-0.05, 0) is 49.5 Å². The molecule has 0 N–H and O–H groups in total. The van der Waals surface area contributed by atoms with Crippen LogP contribution >= 0.6 is 11.6 Å². The fraction of sp³-hybridized carbons (Fsp3) is 0.688. The second kappa shape index (κ2) is 7.02. The Morgan fingerprint density at radius 2 is 1.86 bits per heavy atom. The molecule has 2 aliphatic heterocycles. The average molecular weight is 326 g/mol. The van der Waals surface area contributed by atoms with Gasteiger partial charge in [0.25, 0.3) is 5.91 Å². The van der Waals surface area contributed by atoms with Crippen LogP contribution in [0.5, 0.6) is 0 Å². The number of likely N-dealkylation sites (N-methyl/N-ethyl adjacent to an activating group) is 1. The Hall–Kier alpha value is -1.04. The molecule has 1 aromatic rings. The number of rotatable bonds is 3. The number of hydrogen-bond acceptors (Lipinski definition) is 4. The van der Waals surface area contributed by atoms with Gasteiger partial charge in [0, 0.05) is 45.8 Å². The summed E-state index contributed by atoms with van der Waals surface area (Å²) in [5.41, 5.74) is 0. The lowest BCUT2D eigenvalue weighted by molar-refractivity contribution is 0.0614. The van der Waals surface area contributed by atoms with E-state index >= 15 is 0 Å². The van der Waals surface area contributed by atoms with Crippen molar-refractivity contribution in [2.24, 2.45) is 5.92 Å². The fourth-order valence-corrected chi connectivity index (χ4v) is 3.45. The number of carbonyl (C=O) groups excluding carboxylic acids is 1. The molecule has 0 saturated carbocycles. The second-order valence-electron chi connectivity index (χ2n) is 6.44. The minimum Gasteiger partial charge on any atom is -0.440 e. The molecular formula is C16H24ClN3O2. The van der Waals surface area contributed by atoms with Crippen molar-refractivity contribution >= 4 is 17.5 Å². The zero-order chi connectivity index (χ0) is 15.5. The number of amides is 1. The van der Waals surface area contributed by atoms with Crippen LogP contribution in [-0.2, 0) is 0 Å². The number of nitrogens with zero attached hydrogens (tertiary/aromatic N) is 3. The zero-order valence-corrected chi connectivity index (χ0v) is 13.9. The molecule has 2 aliphatic rings. The lowest BCUT2D eigenvalue weighted by Crippen LogP contribution is -2.47. The Bertz CT molecular complexity index is 503. The molecule has 0 atom stereocenters. The Labute approximate surface area is 136 Å². The topological polar surface area (TPSA) is 39.9 Å². The highest BCUT2D eigenvalue weighted by molar-refractivity contribution is 6.29. The number of halogens is 1. The monoisotopic (exact) mass is 325 g/mol. The van der Waals surface area contributed by atoms with E-state index in [-0.39, 0.29) is 11.1 Å². The molecule has 22 heavy (non-hydrogen) atoms. The van der Waals surface area contributed by atoms with Crippen molar-refractivity contribution in [3.63, 3.8) is 0 Å². The first-order valence-corrected chi connectivity index (χ1v) is 8.45. The Balaban J connectivity index is 1.45. The van der Waals surface area contributed by atoms with E-state index < -0.39 is 0 Å². The summed E-state index contributed by atoms with van der Waals surface area (Å²) in [6, 6.07) is 3.27. The van der Waals surface area contributed by atoms with Crippen molar-refractivity contribution in [3.8, 4) is 0 Å². The van der Waals surface area contributed by atoms with Gasteiger partial charge in [-0.2, -0.15) is 0 Å². The first kappa shape index (κ1) is 15.8. The van der Waals surface area contributed by atoms with E-state index in [9.17, 15) is 4.79 Å². The molecule has 3 heterocycles. The van der Waals surface area contributed by atoms with Gasteiger partial charge in [0.2, 0.25) is 0 Å². The van der Waals surface area contributed by atoms with E-state index in [0.29, 0.717) is 11.7 Å². The highest BCUT2D eigenvalue weighted by Gasteiger charge is 2.27. The van der Waals surface area contributed by atoms with E-state index in [1.54, 1.807) is 12.1 Å². The lowest BCUT2D eigenvalue weighted by Gasteiger charge is -2.37. The maximum Gasteiger partial charge on any atom is 0.289 e. The summed E-state index contributed by atoms with van der Waals surface area (Å²) in [5.74, 6) is 1.01. The first-order chi connectivity index (χ1) is 10.6. The third kappa shape index (κ3) is 3.83. The highest BCUT2D eigenvalue weighted by Crippen LogP contribution is 2.22. The molecule has 5 nitrogen and oxygen atoms in total. The zero-order valence-electron chi connectivity index (χ0n) is 13.1. The molecular weight excluding hydrogens is 302 g/mol. The van der Waals surface area contributed by atoms with Crippen molar-refractivity contribution in [2.75, 3.05) is 52.9 Å². The van der Waals surface area contributed by atoms with Gasteiger partial charge in [-0.25, -0.2) is 0 Å². The smallest absolute Gasteiger partial charge is 0.289 e. The number of hydrogen-bond donors (Lipinski definition) is 0. The van der Waals surface area contributed by atoms with Crippen LogP contribution in [0.15, 0.2) is 16.5 Å². The van der Waals surface area contributed by atoms with E-state index in [0.717, 1.165) is 39.0 Å². The third-order valence-electron chi connectivity index (χ3n) is 4.80. The third-order valence-corrected chi connectivity index (χ3v) is 5.00. The van der Waals surface area contributed by atoms with Crippen LogP contribution in [0.1, 0.15) is 23.4 Å². The molecule has 122 valence electrons. The summed E-state index contributed by atoms with van der Waals surface area (Å²) in [6.07, 6.45) is 2.15. The van der Waals surface area contributed by atoms with Gasteiger partial charge in [0.05, 0.1) is 0 Å². The molecule has 1 aromatic heterocycles. The van der Waals surface area contributed by atoms with E-state index in [2.05, 4.69) is 16.8 Å². The maximum absolute atomic E-state index is 12.3. The summed E-state index contributed by atoms with van der Waals surface area (Å²) < 4.78 is 5.22. The number of furan rings is 1. The van der Waals surface area contributed by atoms with Crippen molar-refractivity contribution in [1.29, 1.82) is 0 Å². The largest absolute Gasteiger partial charge is 0.440 e. The molecule has 2 fully saturated rings. The van der Waals surface area contributed by atoms with Crippen LogP contribution in [0.25, 0.3) is 0 Å². The first-order valence-electron chi connectivity index (χ1n) is 8.07. The number of piperidine rings is 1. The second-order valence-corrected chi connectivity index (χ2v) is 6.82. The number of piperazine rings is 1. The number of carbonyl (C=O) groups is 1. The maximum atomic E-state index is 12.3. The summed E-state index contributed by atoms with van der Waals surface area (Å²) in [6.45, 7) is 7.46. The van der Waals surface area contributed by atoms with Crippen LogP contribution in [0.2, 0.25) is 5.22 Å². The quantitative estimate of drug-likeness (QED) is 0.852. The minimum atomic E-state index is -0.0371. The van der Waals surface area contributed by atoms with Gasteiger partial charge >= 0.3 is 0 Å². The molecule has 0 spiro atoms. The van der Waals surface area contributed by atoms with E-state index in [4.69, 9.17) is 16.0 Å². The minimum absolute atomic E-state index is 0.0371. The lowest BCUT2D eigenvalue weighted by atomic mass is 9.95. The standard InChI is InChI=1S/C16H24ClN3O2/c1-18-8-10-19(11-9-18)12-13-4-6-20(7-5-13)16(21)14-2-3-15(17)22-14/h2-3,13H,4-12H2,1H3. The summed E-state index contributed by atoms with van der Waals surface area (Å²) in [7, 11) is 2.18. The van der Waals surface area contributed by atoms with Crippen molar-refractivity contribution in [2.45, 2.75) is 12.8 Å². The average Bonchev–Trinajstić information content (AvgIpc) is 2.96. The SMILES string of the molecule is CN1CCN(CC2CCN(C(=O)c3ccc(Cl)o3)CC2)CC1. The van der Waals surface area contributed by atoms with E-state index in [1.165, 1.54) is 19.6 Å². The van der Waals surface area contributed by atoms with Gasteiger partial charge in [-0.1, -0.05) is 0 Å². The van der Waals surface area contributed by atoms with Gasteiger partial charge in [-0.3, -0.25) is 4.79 Å². The van der Waals surface area contributed by atoms with Crippen molar-refractivity contribution < 1.29 is 9.21 Å². The van der Waals surface area contributed by atoms with Gasteiger partial charge in [0.1, 0.15) is 0 Å². The van der Waals surface area contributed by atoms with Gasteiger partial charge in [-0.15, -0.1) is 0 Å². The summed E-state index contributed by atoms with van der Waals surface area (Å²) in [4.78, 5) is 19.1. The molecule has 0 bridgehead atoms. The van der Waals surface area contributed by atoms with Crippen LogP contribution in [0.3, 0.4) is 0 Å². The predicted octanol–water partition coefficient (Wildman–Crippen LogP) is 2.03. The summed E-state index contributed by atoms with van der Waals surface area (Å²) >= 11 is 5.74. The predicted molar refractivity (Wildman–Crippen MR) is 86.3 cm³/mol. The van der Waals surface area contributed by atoms with Gasteiger partial charge < -0.3 is 19.1 Å². The molecule has 1 amide bonds. The Morgan fingerprint density at radius 1 is 1.18 bits per heavy atom. The molecule has 0 unspecified atom stereocenters. The molecule has 2 saturated heterocycles. The molecule has 0 radical (unpaired) electrons. The molecule has 0 aliphatic carbocycles. The van der Waals surface area contributed by atoms with Crippen LogP contribution in [-0.4, -0.2) is 73.5 Å². The fourth-order valence-electron chi connectivity index (χ4n) is 3.30.